The van der Waals surface area contributed by atoms with Crippen LogP contribution in [0.4, 0.5) is 0 Å². The van der Waals surface area contributed by atoms with E-state index < -0.39 is 0 Å². The average Bonchev–Trinajstić information content (AvgIpc) is 3.28. The molecule has 1 aromatic rings. The zero-order valence-corrected chi connectivity index (χ0v) is 11.7. The van der Waals surface area contributed by atoms with Crippen LogP contribution in [-0.2, 0) is 4.79 Å². The van der Waals surface area contributed by atoms with Gasteiger partial charge in [-0.2, -0.15) is 0 Å². The number of carbonyl (C=O) groups excluding carboxylic acids is 1. The van der Waals surface area contributed by atoms with E-state index in [9.17, 15) is 4.79 Å². The third-order valence-corrected chi connectivity index (χ3v) is 3.71. The van der Waals surface area contributed by atoms with Crippen LogP contribution >= 0.6 is 0 Å². The van der Waals surface area contributed by atoms with Gasteiger partial charge in [-0.25, -0.2) is 0 Å². The van der Waals surface area contributed by atoms with E-state index in [2.05, 4.69) is 5.32 Å². The predicted molar refractivity (Wildman–Crippen MR) is 73.7 cm³/mol. The van der Waals surface area contributed by atoms with Crippen molar-refractivity contribution in [1.29, 1.82) is 0 Å². The lowest BCUT2D eigenvalue weighted by Gasteiger charge is -2.19. The maximum atomic E-state index is 11.7. The highest BCUT2D eigenvalue weighted by Gasteiger charge is 2.35. The number of rotatable bonds is 6. The Bertz CT molecular complexity index is 455. The molecule has 1 aromatic carbocycles. The van der Waals surface area contributed by atoms with E-state index in [-0.39, 0.29) is 11.8 Å². The number of hydrogen-bond donors (Lipinski definition) is 1. The minimum absolute atomic E-state index is 0.0711. The molecule has 0 heterocycles. The van der Waals surface area contributed by atoms with Crippen LogP contribution in [0.2, 0.25) is 0 Å². The van der Waals surface area contributed by atoms with Crippen molar-refractivity contribution in [3.8, 4) is 11.5 Å². The number of hydrogen-bond acceptors (Lipinski definition) is 3. The van der Waals surface area contributed by atoms with Gasteiger partial charge in [0, 0.05) is 19.0 Å². The van der Waals surface area contributed by atoms with Crippen molar-refractivity contribution in [2.75, 3.05) is 21.3 Å². The summed E-state index contributed by atoms with van der Waals surface area (Å²) in [5.41, 5.74) is 1.08. The lowest BCUT2D eigenvalue weighted by atomic mass is 9.89. The number of ether oxygens (including phenoxy) is 2. The van der Waals surface area contributed by atoms with E-state index in [4.69, 9.17) is 9.47 Å². The third kappa shape index (κ3) is 3.19. The van der Waals surface area contributed by atoms with Crippen LogP contribution in [0.5, 0.6) is 11.5 Å². The zero-order chi connectivity index (χ0) is 13.8. The summed E-state index contributed by atoms with van der Waals surface area (Å²) in [7, 11) is 4.99. The summed E-state index contributed by atoms with van der Waals surface area (Å²) in [4.78, 5) is 11.7. The monoisotopic (exact) mass is 263 g/mol. The Morgan fingerprint density at radius 2 is 2.11 bits per heavy atom. The SMILES string of the molecule is CNC(=O)CC(c1cc(OC)ccc1OC)C1CC1. The summed E-state index contributed by atoms with van der Waals surface area (Å²) < 4.78 is 10.7. The Balaban J connectivity index is 2.31. The van der Waals surface area contributed by atoms with Gasteiger partial charge in [0.2, 0.25) is 5.91 Å². The van der Waals surface area contributed by atoms with Crippen molar-refractivity contribution in [1.82, 2.24) is 5.32 Å². The van der Waals surface area contributed by atoms with Crippen molar-refractivity contribution in [2.45, 2.75) is 25.2 Å². The minimum atomic E-state index is 0.0711. The molecule has 0 spiro atoms. The summed E-state index contributed by atoms with van der Waals surface area (Å²) in [5, 5.41) is 2.70. The van der Waals surface area contributed by atoms with Gasteiger partial charge in [0.15, 0.2) is 0 Å². The smallest absolute Gasteiger partial charge is 0.220 e. The van der Waals surface area contributed by atoms with E-state index in [1.54, 1.807) is 21.3 Å². The van der Waals surface area contributed by atoms with E-state index in [1.807, 2.05) is 18.2 Å². The van der Waals surface area contributed by atoms with Crippen LogP contribution in [0.25, 0.3) is 0 Å². The second kappa shape index (κ2) is 5.95. The molecule has 1 atom stereocenters. The Labute approximate surface area is 114 Å². The highest BCUT2D eigenvalue weighted by atomic mass is 16.5. The number of benzene rings is 1. The molecule has 4 heteroatoms. The quantitative estimate of drug-likeness (QED) is 0.857. The van der Waals surface area contributed by atoms with Gasteiger partial charge in [-0.1, -0.05) is 0 Å². The highest BCUT2D eigenvalue weighted by molar-refractivity contribution is 5.76. The molecule has 1 saturated carbocycles. The van der Waals surface area contributed by atoms with Crippen molar-refractivity contribution in [3.63, 3.8) is 0 Å². The number of carbonyl (C=O) groups is 1. The van der Waals surface area contributed by atoms with Crippen LogP contribution in [0.1, 0.15) is 30.7 Å². The molecule has 1 aliphatic rings. The zero-order valence-electron chi connectivity index (χ0n) is 11.7. The fourth-order valence-corrected chi connectivity index (χ4v) is 2.46. The first-order chi connectivity index (χ1) is 9.19. The third-order valence-electron chi connectivity index (χ3n) is 3.71. The molecule has 0 radical (unpaired) electrons. The van der Waals surface area contributed by atoms with Crippen molar-refractivity contribution < 1.29 is 14.3 Å². The summed E-state index contributed by atoms with van der Waals surface area (Å²) >= 11 is 0. The minimum Gasteiger partial charge on any atom is -0.497 e. The van der Waals surface area contributed by atoms with Crippen molar-refractivity contribution in [3.05, 3.63) is 23.8 Å². The molecule has 0 saturated heterocycles. The number of amides is 1. The second-order valence-corrected chi connectivity index (χ2v) is 4.93. The van der Waals surface area contributed by atoms with Gasteiger partial charge in [0.1, 0.15) is 11.5 Å². The number of methoxy groups -OCH3 is 2. The first kappa shape index (κ1) is 13.7. The van der Waals surface area contributed by atoms with Crippen LogP contribution in [0.3, 0.4) is 0 Å². The first-order valence-corrected chi connectivity index (χ1v) is 6.62. The molecule has 1 amide bonds. The first-order valence-electron chi connectivity index (χ1n) is 6.62. The van der Waals surface area contributed by atoms with Crippen LogP contribution in [0, 0.1) is 5.92 Å². The Kier molecular flexibility index (Phi) is 4.30. The Hall–Kier alpha value is -1.71. The van der Waals surface area contributed by atoms with Crippen LogP contribution in [0.15, 0.2) is 18.2 Å². The lowest BCUT2D eigenvalue weighted by molar-refractivity contribution is -0.121. The lowest BCUT2D eigenvalue weighted by Crippen LogP contribution is -2.21. The summed E-state index contributed by atoms with van der Waals surface area (Å²) in [6.07, 6.45) is 2.87. The van der Waals surface area contributed by atoms with Crippen molar-refractivity contribution >= 4 is 5.91 Å². The van der Waals surface area contributed by atoms with Gasteiger partial charge in [-0.15, -0.1) is 0 Å². The Morgan fingerprint density at radius 3 is 2.63 bits per heavy atom. The molecular weight excluding hydrogens is 242 g/mol. The molecule has 19 heavy (non-hydrogen) atoms. The largest absolute Gasteiger partial charge is 0.497 e. The van der Waals surface area contributed by atoms with Crippen LogP contribution in [-0.4, -0.2) is 27.2 Å². The topological polar surface area (TPSA) is 47.6 Å². The molecule has 1 N–H and O–H groups in total. The molecule has 0 aromatic heterocycles. The predicted octanol–water partition coefficient (Wildman–Crippen LogP) is 2.33. The Morgan fingerprint density at radius 1 is 1.37 bits per heavy atom. The summed E-state index contributed by atoms with van der Waals surface area (Å²) in [6, 6.07) is 5.78. The molecule has 1 fully saturated rings. The van der Waals surface area contributed by atoms with Crippen LogP contribution < -0.4 is 14.8 Å². The molecule has 0 bridgehead atoms. The van der Waals surface area contributed by atoms with Gasteiger partial charge in [-0.05, 0) is 42.9 Å². The molecule has 104 valence electrons. The normalized spacial score (nSPS) is 15.7. The van der Waals surface area contributed by atoms with Gasteiger partial charge in [-0.3, -0.25) is 4.79 Å². The number of nitrogens with one attached hydrogen (secondary N) is 1. The maximum absolute atomic E-state index is 11.7. The van der Waals surface area contributed by atoms with E-state index in [0.717, 1.165) is 17.1 Å². The van der Waals surface area contributed by atoms with Gasteiger partial charge < -0.3 is 14.8 Å². The van der Waals surface area contributed by atoms with E-state index in [1.165, 1.54) is 12.8 Å². The fraction of sp³-hybridized carbons (Fsp3) is 0.533. The molecule has 1 aliphatic carbocycles. The molecule has 4 nitrogen and oxygen atoms in total. The maximum Gasteiger partial charge on any atom is 0.220 e. The second-order valence-electron chi connectivity index (χ2n) is 4.93. The fourth-order valence-electron chi connectivity index (χ4n) is 2.46. The molecule has 2 rings (SSSR count). The van der Waals surface area contributed by atoms with Crippen molar-refractivity contribution in [2.24, 2.45) is 5.92 Å². The van der Waals surface area contributed by atoms with E-state index in [0.29, 0.717) is 12.3 Å². The van der Waals surface area contributed by atoms with Gasteiger partial charge in [0.25, 0.3) is 0 Å². The average molecular weight is 263 g/mol. The van der Waals surface area contributed by atoms with Gasteiger partial charge in [0.05, 0.1) is 14.2 Å². The molecular formula is C15H21NO3. The standard InChI is InChI=1S/C15H21NO3/c1-16-15(17)9-12(10-4-5-10)13-8-11(18-2)6-7-14(13)19-3/h6-8,10,12H,4-5,9H2,1-3H3,(H,16,17). The summed E-state index contributed by atoms with van der Waals surface area (Å²) in [6.45, 7) is 0. The van der Waals surface area contributed by atoms with E-state index >= 15 is 0 Å². The molecule has 0 aliphatic heterocycles. The molecule has 1 unspecified atom stereocenters. The highest BCUT2D eigenvalue weighted by Crippen LogP contribution is 2.47. The summed E-state index contributed by atoms with van der Waals surface area (Å²) in [5.74, 6) is 2.50. The van der Waals surface area contributed by atoms with Gasteiger partial charge >= 0.3 is 0 Å².